The fourth-order valence-electron chi connectivity index (χ4n) is 6.10. The number of hydrogen-bond acceptors (Lipinski definition) is 13. The van der Waals surface area contributed by atoms with Crippen molar-refractivity contribution in [3.05, 3.63) is 29.8 Å². The van der Waals surface area contributed by atoms with E-state index in [9.17, 15) is 0 Å². The monoisotopic (exact) mass is 782 g/mol. The van der Waals surface area contributed by atoms with Crippen LogP contribution in [0.2, 0.25) is 42.3 Å². The molecular weight excluding hydrogens is 733 g/mol. The molecule has 13 nitrogen and oxygen atoms in total. The van der Waals surface area contributed by atoms with E-state index in [1.165, 1.54) is 5.56 Å². The van der Waals surface area contributed by atoms with Gasteiger partial charge in [0.2, 0.25) is 0 Å². The van der Waals surface area contributed by atoms with Gasteiger partial charge in [-0.2, -0.15) is 0 Å². The van der Waals surface area contributed by atoms with Gasteiger partial charge in [0.05, 0.1) is 0 Å². The quantitative estimate of drug-likeness (QED) is 0.239. The molecule has 0 aromatic heterocycles. The molecule has 6 fully saturated rings. The second-order valence-electron chi connectivity index (χ2n) is 12.8. The van der Waals surface area contributed by atoms with Gasteiger partial charge in [0.25, 0.3) is 0 Å². The maximum absolute atomic E-state index is 7.16. The van der Waals surface area contributed by atoms with E-state index in [0.717, 1.165) is 6.42 Å². The third kappa shape index (κ3) is 6.03. The van der Waals surface area contributed by atoms with Gasteiger partial charge in [0.1, 0.15) is 5.75 Å². The summed E-state index contributed by atoms with van der Waals surface area (Å²) in [6.45, 7) is 20.4. The highest BCUT2D eigenvalue weighted by Crippen LogP contribution is 2.52. The van der Waals surface area contributed by atoms with Crippen LogP contribution in [0.1, 0.15) is 81.2 Å². The van der Waals surface area contributed by atoms with Gasteiger partial charge in [-0.1, -0.05) is 81.4 Å². The van der Waals surface area contributed by atoms with Gasteiger partial charge in [-0.15, -0.1) is 0 Å². The van der Waals surface area contributed by atoms with Crippen LogP contribution in [0.3, 0.4) is 0 Å². The summed E-state index contributed by atoms with van der Waals surface area (Å²) in [5.41, 5.74) is 1.19. The van der Waals surface area contributed by atoms with Crippen LogP contribution in [-0.4, -0.2) is 70.7 Å². The van der Waals surface area contributed by atoms with Gasteiger partial charge in [0, 0.05) is 42.3 Å². The molecule has 6 heterocycles. The molecule has 0 aliphatic carbocycles. The van der Waals surface area contributed by atoms with Crippen LogP contribution in [0.4, 0.5) is 0 Å². The van der Waals surface area contributed by atoms with Crippen LogP contribution in [0, 0.1) is 0 Å². The van der Waals surface area contributed by atoms with E-state index in [2.05, 4.69) is 32.9 Å². The van der Waals surface area contributed by atoms with E-state index in [4.69, 9.17) is 53.8 Å². The normalized spacial score (nSPS) is 45.1. The van der Waals surface area contributed by atoms with E-state index in [0.29, 0.717) is 48.1 Å². The van der Waals surface area contributed by atoms with Crippen molar-refractivity contribution in [2.75, 3.05) is 0 Å². The summed E-state index contributed by atoms with van der Waals surface area (Å²) in [4.78, 5) is 0. The number of benzene rings is 1. The maximum atomic E-state index is 7.16. The first kappa shape index (κ1) is 36.1. The standard InChI is InChI=1S/C25H50O13Si8/c1-11-25(9,10)23-19-21-24(22-20-23)26-46-36-43(16-6)30-40(13-3)27-39(12-2)28-41(14-4,32-43)34-45(18-8,38-46)35-42(15-5,29-39)33-44(17-7,31-40)37-46/h19-22H,11-18H2,1-10H3. The Labute approximate surface area is 282 Å². The molecule has 46 heavy (non-hydrogen) atoms. The minimum atomic E-state index is -4.36. The Balaban J connectivity index is 1.60. The van der Waals surface area contributed by atoms with Crippen molar-refractivity contribution in [1.82, 2.24) is 0 Å². The Hall–Kier alpha value is 0.275. The Bertz CT molecular complexity index is 1170. The zero-order valence-corrected chi connectivity index (χ0v) is 36.8. The fourth-order valence-corrected chi connectivity index (χ4v) is 53.8. The van der Waals surface area contributed by atoms with E-state index in [1.54, 1.807) is 0 Å². The molecule has 21 heteroatoms. The predicted molar refractivity (Wildman–Crippen MR) is 183 cm³/mol. The molecule has 0 saturated carbocycles. The SMILES string of the molecule is CCC(C)(C)c1ccc(O[Si]23O[Si]4(CC)O[Si]5(CC)O[Si]6(CC)O[Si](CC)(O4)O[Si](CC)(O[Si](CC)(O6)O[Si](CC)(O5)O2)O3)cc1. The van der Waals surface area contributed by atoms with E-state index in [-0.39, 0.29) is 5.41 Å². The molecule has 0 N–H and O–H groups in total. The lowest BCUT2D eigenvalue weighted by Crippen LogP contribution is -2.88. The van der Waals surface area contributed by atoms with Crippen molar-refractivity contribution in [2.24, 2.45) is 0 Å². The first-order valence-corrected chi connectivity index (χ1v) is 32.0. The molecule has 0 atom stereocenters. The van der Waals surface area contributed by atoms with Crippen molar-refractivity contribution < 1.29 is 53.8 Å². The third-order valence-corrected chi connectivity index (χ3v) is 45.1. The van der Waals surface area contributed by atoms with E-state index in [1.807, 2.05) is 60.6 Å². The Morgan fingerprint density at radius 1 is 0.435 bits per heavy atom. The first-order chi connectivity index (χ1) is 21.7. The zero-order valence-electron chi connectivity index (χ0n) is 28.8. The summed E-state index contributed by atoms with van der Waals surface area (Å²) in [5.74, 6) is 0.512. The van der Waals surface area contributed by atoms with Crippen LogP contribution in [0.5, 0.6) is 5.75 Å². The molecule has 260 valence electrons. The van der Waals surface area contributed by atoms with Crippen LogP contribution in [-0.2, 0) is 54.8 Å². The fraction of sp³-hybridized carbons (Fsp3) is 0.760. The molecular formula is C25H50O13Si8. The summed E-state index contributed by atoms with van der Waals surface area (Å²) in [7, 11) is -30.6. The van der Waals surface area contributed by atoms with Gasteiger partial charge in [-0.3, -0.25) is 0 Å². The molecule has 6 aliphatic rings. The van der Waals surface area contributed by atoms with Crippen molar-refractivity contribution in [1.29, 1.82) is 0 Å². The second-order valence-corrected chi connectivity index (χ2v) is 38.4. The molecule has 0 amide bonds. The Morgan fingerprint density at radius 2 is 0.696 bits per heavy atom. The van der Waals surface area contributed by atoms with Gasteiger partial charge in [-0.05, 0) is 29.5 Å². The van der Waals surface area contributed by atoms with Crippen molar-refractivity contribution in [3.8, 4) is 5.75 Å². The Morgan fingerprint density at radius 3 is 0.935 bits per heavy atom. The molecule has 6 aliphatic heterocycles. The molecule has 1 aromatic carbocycles. The van der Waals surface area contributed by atoms with E-state index < -0.39 is 70.7 Å². The summed E-state index contributed by atoms with van der Waals surface area (Å²) < 4.78 is 92.5. The third-order valence-electron chi connectivity index (χ3n) is 9.43. The highest BCUT2D eigenvalue weighted by Gasteiger charge is 2.83. The Kier molecular flexibility index (Phi) is 9.57. The average Bonchev–Trinajstić information content (AvgIpc) is 3.00. The van der Waals surface area contributed by atoms with Gasteiger partial charge in [0.15, 0.2) is 0 Å². The molecule has 1 aromatic rings. The molecule has 8 bridgehead atoms. The van der Waals surface area contributed by atoms with Gasteiger partial charge < -0.3 is 53.8 Å². The van der Waals surface area contributed by atoms with Crippen molar-refractivity contribution >= 4 is 70.7 Å². The molecule has 0 spiro atoms. The van der Waals surface area contributed by atoms with E-state index >= 15 is 0 Å². The van der Waals surface area contributed by atoms with Crippen molar-refractivity contribution in [3.63, 3.8) is 0 Å². The summed E-state index contributed by atoms with van der Waals surface area (Å²) in [5, 5.41) is 0. The summed E-state index contributed by atoms with van der Waals surface area (Å²) in [6, 6.07) is 10.6. The summed E-state index contributed by atoms with van der Waals surface area (Å²) >= 11 is 0. The highest BCUT2D eigenvalue weighted by molar-refractivity contribution is 7.02. The molecule has 6 saturated heterocycles. The second kappa shape index (κ2) is 12.2. The molecule has 7 rings (SSSR count). The predicted octanol–water partition coefficient (Wildman–Crippen LogP) is 6.17. The lowest BCUT2D eigenvalue weighted by Gasteiger charge is -2.62. The van der Waals surface area contributed by atoms with Crippen LogP contribution in [0.25, 0.3) is 0 Å². The van der Waals surface area contributed by atoms with Gasteiger partial charge in [-0.25, -0.2) is 0 Å². The minimum Gasteiger partial charge on any atom is -0.481 e. The zero-order chi connectivity index (χ0) is 33.3. The highest BCUT2D eigenvalue weighted by atomic mass is 28.6. The number of hydrogen-bond donors (Lipinski definition) is 0. The lowest BCUT2D eigenvalue weighted by molar-refractivity contribution is -0.0451. The molecule has 0 radical (unpaired) electrons. The average molecular weight is 783 g/mol. The largest absolute Gasteiger partial charge is 0.727 e. The van der Waals surface area contributed by atoms with Crippen LogP contribution < -0.4 is 4.43 Å². The minimum absolute atomic E-state index is 0.00218. The summed E-state index contributed by atoms with van der Waals surface area (Å²) in [6.07, 6.45) is 0.989. The van der Waals surface area contributed by atoms with Crippen molar-refractivity contribution in [2.45, 2.75) is 123 Å². The van der Waals surface area contributed by atoms with Crippen LogP contribution >= 0.6 is 0 Å². The van der Waals surface area contributed by atoms with Gasteiger partial charge >= 0.3 is 70.7 Å². The molecule has 0 unspecified atom stereocenters. The maximum Gasteiger partial charge on any atom is 0.727 e. The van der Waals surface area contributed by atoms with Crippen LogP contribution in [0.15, 0.2) is 24.3 Å². The smallest absolute Gasteiger partial charge is 0.481 e. The lowest BCUT2D eigenvalue weighted by atomic mass is 9.82. The first-order valence-electron chi connectivity index (χ1n) is 16.9. The topological polar surface area (TPSA) is 120 Å². The number of rotatable bonds is 11.